The van der Waals surface area contributed by atoms with Crippen molar-refractivity contribution in [2.24, 2.45) is 0 Å². The standard InChI is InChI=1S/C18H27N3O4/c1-13(2)16-5-4-14(10-17(16)21(24)25)11-20-8-6-15(7-9-20)19(3)12-18(22)23/h4-5,10,13,15H,6-9,11-12H2,1-3H3,(H,22,23). The number of carboxylic acids is 1. The highest BCUT2D eigenvalue weighted by Crippen LogP contribution is 2.28. The maximum atomic E-state index is 11.3. The lowest BCUT2D eigenvalue weighted by Gasteiger charge is -2.36. The van der Waals surface area contributed by atoms with E-state index in [4.69, 9.17) is 5.11 Å². The van der Waals surface area contributed by atoms with Crippen LogP contribution in [-0.2, 0) is 11.3 Å². The first-order chi connectivity index (χ1) is 11.8. The van der Waals surface area contributed by atoms with Crippen LogP contribution in [0.4, 0.5) is 5.69 Å². The van der Waals surface area contributed by atoms with Gasteiger partial charge in [0.15, 0.2) is 0 Å². The molecule has 1 aromatic carbocycles. The lowest BCUT2D eigenvalue weighted by molar-refractivity contribution is -0.385. The van der Waals surface area contributed by atoms with Gasteiger partial charge in [-0.25, -0.2) is 0 Å². The summed E-state index contributed by atoms with van der Waals surface area (Å²) in [5.41, 5.74) is 1.92. The third kappa shape index (κ3) is 5.24. The van der Waals surface area contributed by atoms with E-state index in [0.717, 1.165) is 37.1 Å². The molecule has 1 saturated heterocycles. The van der Waals surface area contributed by atoms with Gasteiger partial charge in [-0.2, -0.15) is 0 Å². The van der Waals surface area contributed by atoms with E-state index >= 15 is 0 Å². The summed E-state index contributed by atoms with van der Waals surface area (Å²) in [6.45, 7) is 6.41. The normalized spacial score (nSPS) is 16.5. The van der Waals surface area contributed by atoms with Gasteiger partial charge >= 0.3 is 5.97 Å². The molecule has 1 heterocycles. The highest BCUT2D eigenvalue weighted by molar-refractivity contribution is 5.69. The van der Waals surface area contributed by atoms with Crippen LogP contribution >= 0.6 is 0 Å². The molecule has 0 aromatic heterocycles. The van der Waals surface area contributed by atoms with Crippen LogP contribution in [0.25, 0.3) is 0 Å². The second kappa shape index (κ2) is 8.40. The molecule has 7 heteroatoms. The Bertz CT molecular complexity index is 625. The molecule has 1 fully saturated rings. The van der Waals surface area contributed by atoms with Crippen molar-refractivity contribution in [1.29, 1.82) is 0 Å². The Morgan fingerprint density at radius 2 is 2.04 bits per heavy atom. The Balaban J connectivity index is 1.97. The molecule has 1 aliphatic heterocycles. The van der Waals surface area contributed by atoms with Crippen molar-refractivity contribution in [3.8, 4) is 0 Å². The Hall–Kier alpha value is -1.99. The maximum Gasteiger partial charge on any atom is 0.317 e. The van der Waals surface area contributed by atoms with Gasteiger partial charge in [-0.15, -0.1) is 0 Å². The maximum absolute atomic E-state index is 11.3. The zero-order valence-electron chi connectivity index (χ0n) is 15.1. The van der Waals surface area contributed by atoms with Crippen LogP contribution in [0, 0.1) is 10.1 Å². The molecule has 0 aliphatic carbocycles. The van der Waals surface area contributed by atoms with E-state index < -0.39 is 5.97 Å². The van der Waals surface area contributed by atoms with Crippen molar-refractivity contribution in [2.45, 2.75) is 45.2 Å². The first kappa shape index (κ1) is 19.3. The average Bonchev–Trinajstić information content (AvgIpc) is 2.54. The van der Waals surface area contributed by atoms with Gasteiger partial charge in [0.25, 0.3) is 5.69 Å². The monoisotopic (exact) mass is 349 g/mol. The second-order valence-corrected chi connectivity index (χ2v) is 7.12. The fraction of sp³-hybridized carbons (Fsp3) is 0.611. The molecule has 1 aliphatic rings. The number of likely N-dealkylation sites (tertiary alicyclic amines) is 1. The van der Waals surface area contributed by atoms with Crippen molar-refractivity contribution in [2.75, 3.05) is 26.7 Å². The lowest BCUT2D eigenvalue weighted by Crippen LogP contribution is -2.44. The second-order valence-electron chi connectivity index (χ2n) is 7.12. The minimum Gasteiger partial charge on any atom is -0.480 e. The number of aliphatic carboxylic acids is 1. The molecule has 0 amide bonds. The van der Waals surface area contributed by atoms with Gasteiger partial charge < -0.3 is 5.11 Å². The van der Waals surface area contributed by atoms with Gasteiger partial charge in [0.2, 0.25) is 0 Å². The average molecular weight is 349 g/mol. The number of piperidine rings is 1. The number of carbonyl (C=O) groups is 1. The number of benzene rings is 1. The molecular weight excluding hydrogens is 322 g/mol. The fourth-order valence-corrected chi connectivity index (χ4v) is 3.45. The fourth-order valence-electron chi connectivity index (χ4n) is 3.45. The Labute approximate surface area is 148 Å². The van der Waals surface area contributed by atoms with Crippen LogP contribution in [0.1, 0.15) is 43.7 Å². The Morgan fingerprint density at radius 3 is 2.56 bits per heavy atom. The third-order valence-electron chi connectivity index (χ3n) is 4.88. The highest BCUT2D eigenvalue weighted by atomic mass is 16.6. The molecule has 0 saturated carbocycles. The van der Waals surface area contributed by atoms with E-state index in [1.807, 2.05) is 37.9 Å². The molecule has 0 bridgehead atoms. The molecule has 7 nitrogen and oxygen atoms in total. The van der Waals surface area contributed by atoms with Crippen LogP contribution in [0.15, 0.2) is 18.2 Å². The Morgan fingerprint density at radius 1 is 1.40 bits per heavy atom. The van der Waals surface area contributed by atoms with Crippen molar-refractivity contribution in [3.63, 3.8) is 0 Å². The third-order valence-corrected chi connectivity index (χ3v) is 4.88. The van der Waals surface area contributed by atoms with E-state index in [1.165, 1.54) is 0 Å². The molecule has 1 aromatic rings. The van der Waals surface area contributed by atoms with Gasteiger partial charge in [-0.05, 0) is 44.5 Å². The van der Waals surface area contributed by atoms with Crippen molar-refractivity contribution in [3.05, 3.63) is 39.4 Å². The van der Waals surface area contributed by atoms with Crippen molar-refractivity contribution >= 4 is 11.7 Å². The van der Waals surface area contributed by atoms with Gasteiger partial charge in [-0.1, -0.05) is 26.0 Å². The summed E-state index contributed by atoms with van der Waals surface area (Å²) in [5, 5.41) is 20.2. The molecule has 0 radical (unpaired) electrons. The number of nitrogens with zero attached hydrogens (tertiary/aromatic N) is 3. The summed E-state index contributed by atoms with van der Waals surface area (Å²) in [4.78, 5) is 26.0. The lowest BCUT2D eigenvalue weighted by atomic mass is 9.98. The SMILES string of the molecule is CC(C)c1ccc(CN2CCC(N(C)CC(=O)O)CC2)cc1[N+](=O)[O-]. The topological polar surface area (TPSA) is 86.9 Å². The van der Waals surface area contributed by atoms with E-state index in [0.29, 0.717) is 6.54 Å². The van der Waals surface area contributed by atoms with Gasteiger partial charge in [0.1, 0.15) is 0 Å². The predicted molar refractivity (Wildman–Crippen MR) is 95.8 cm³/mol. The van der Waals surface area contributed by atoms with E-state index in [1.54, 1.807) is 6.07 Å². The minimum atomic E-state index is -0.803. The van der Waals surface area contributed by atoms with Crippen LogP contribution < -0.4 is 0 Å². The first-order valence-corrected chi connectivity index (χ1v) is 8.69. The summed E-state index contributed by atoms with van der Waals surface area (Å²) >= 11 is 0. The van der Waals surface area contributed by atoms with Crippen LogP contribution in [0.3, 0.4) is 0 Å². The van der Waals surface area contributed by atoms with Gasteiger partial charge in [0, 0.05) is 24.2 Å². The molecule has 0 spiro atoms. The number of carboxylic acid groups (broad SMARTS) is 1. The largest absolute Gasteiger partial charge is 0.480 e. The number of nitro benzene ring substituents is 1. The molecule has 25 heavy (non-hydrogen) atoms. The number of hydrogen-bond donors (Lipinski definition) is 1. The zero-order valence-corrected chi connectivity index (χ0v) is 15.1. The predicted octanol–water partition coefficient (Wildman–Crippen LogP) is 2.70. The molecule has 138 valence electrons. The molecule has 2 rings (SSSR count). The van der Waals surface area contributed by atoms with Crippen molar-refractivity contribution in [1.82, 2.24) is 9.80 Å². The molecular formula is C18H27N3O4. The minimum absolute atomic E-state index is 0.0630. The summed E-state index contributed by atoms with van der Waals surface area (Å²) in [7, 11) is 1.85. The zero-order chi connectivity index (χ0) is 18.6. The summed E-state index contributed by atoms with van der Waals surface area (Å²) in [6, 6.07) is 5.82. The van der Waals surface area contributed by atoms with E-state index in [9.17, 15) is 14.9 Å². The molecule has 0 atom stereocenters. The summed E-state index contributed by atoms with van der Waals surface area (Å²) < 4.78 is 0. The van der Waals surface area contributed by atoms with E-state index in [-0.39, 0.29) is 29.1 Å². The van der Waals surface area contributed by atoms with E-state index in [2.05, 4.69) is 4.90 Å². The smallest absolute Gasteiger partial charge is 0.317 e. The number of hydrogen-bond acceptors (Lipinski definition) is 5. The van der Waals surface area contributed by atoms with Crippen molar-refractivity contribution < 1.29 is 14.8 Å². The van der Waals surface area contributed by atoms with Gasteiger partial charge in [-0.3, -0.25) is 24.7 Å². The van der Waals surface area contributed by atoms with Crippen LogP contribution in [0.2, 0.25) is 0 Å². The Kier molecular flexibility index (Phi) is 6.50. The molecule has 1 N–H and O–H groups in total. The molecule has 0 unspecified atom stereocenters. The van der Waals surface area contributed by atoms with Gasteiger partial charge in [0.05, 0.1) is 11.5 Å². The van der Waals surface area contributed by atoms with Crippen LogP contribution in [0.5, 0.6) is 0 Å². The summed E-state index contributed by atoms with van der Waals surface area (Å²) in [6.07, 6.45) is 1.83. The number of nitro groups is 1. The highest BCUT2D eigenvalue weighted by Gasteiger charge is 2.24. The van der Waals surface area contributed by atoms with Crippen LogP contribution in [-0.4, -0.2) is 58.5 Å². The first-order valence-electron chi connectivity index (χ1n) is 8.69. The summed E-state index contributed by atoms with van der Waals surface area (Å²) in [5.74, 6) is -0.683. The number of rotatable bonds is 7. The quantitative estimate of drug-likeness (QED) is 0.601. The number of likely N-dealkylation sites (N-methyl/N-ethyl adjacent to an activating group) is 1.